The van der Waals surface area contributed by atoms with Gasteiger partial charge in [0.25, 0.3) is 0 Å². The van der Waals surface area contributed by atoms with Crippen LogP contribution in [0.3, 0.4) is 0 Å². The lowest BCUT2D eigenvalue weighted by atomic mass is 9.97. The van der Waals surface area contributed by atoms with Crippen LogP contribution < -0.4 is 5.32 Å². The molecule has 1 fully saturated rings. The van der Waals surface area contributed by atoms with Crippen molar-refractivity contribution in [3.63, 3.8) is 0 Å². The molecule has 2 unspecified atom stereocenters. The third-order valence-corrected chi connectivity index (χ3v) is 2.53. The van der Waals surface area contributed by atoms with Gasteiger partial charge in [0.2, 0.25) is 0 Å². The molecular weight excluding hydrogens is 170 g/mol. The maximum atomic E-state index is 10.0. The van der Waals surface area contributed by atoms with Crippen LogP contribution in [0.2, 0.25) is 0 Å². The van der Waals surface area contributed by atoms with E-state index in [1.165, 1.54) is 0 Å². The van der Waals surface area contributed by atoms with Crippen molar-refractivity contribution in [1.29, 1.82) is 0 Å². The minimum Gasteiger partial charge on any atom is -0.392 e. The van der Waals surface area contributed by atoms with E-state index in [1.807, 2.05) is 6.92 Å². The van der Waals surface area contributed by atoms with Gasteiger partial charge in [-0.15, -0.1) is 0 Å². The van der Waals surface area contributed by atoms with Crippen LogP contribution in [0.4, 0.5) is 0 Å². The maximum absolute atomic E-state index is 10.0. The van der Waals surface area contributed by atoms with Crippen LogP contribution in [-0.2, 0) is 4.74 Å². The van der Waals surface area contributed by atoms with E-state index in [-0.39, 0.29) is 12.2 Å². The van der Waals surface area contributed by atoms with Gasteiger partial charge in [0, 0.05) is 26.1 Å². The highest BCUT2D eigenvalue weighted by molar-refractivity contribution is 4.91. The molecule has 0 radical (unpaired) electrons. The standard InChI is InChI=1S/C9H19NO3/c1-7(11)5-10-6-9(12)3-4-13-8(9)2/h7-8,10-12H,3-6H2,1-2H3/t7-,8?,9?/m0/s1. The molecule has 78 valence electrons. The summed E-state index contributed by atoms with van der Waals surface area (Å²) >= 11 is 0. The predicted molar refractivity (Wildman–Crippen MR) is 49.5 cm³/mol. The van der Waals surface area contributed by atoms with Gasteiger partial charge in [-0.25, -0.2) is 0 Å². The SMILES string of the molecule is CC1OCCC1(O)CNC[C@H](C)O. The molecule has 0 aromatic rings. The number of aliphatic hydroxyl groups is 2. The number of hydrogen-bond acceptors (Lipinski definition) is 4. The van der Waals surface area contributed by atoms with Crippen molar-refractivity contribution in [2.24, 2.45) is 0 Å². The Bertz CT molecular complexity index is 163. The van der Waals surface area contributed by atoms with Gasteiger partial charge < -0.3 is 20.3 Å². The molecule has 0 spiro atoms. The summed E-state index contributed by atoms with van der Waals surface area (Å²) in [7, 11) is 0. The second-order valence-electron chi connectivity index (χ2n) is 3.85. The lowest BCUT2D eigenvalue weighted by Crippen LogP contribution is -2.47. The summed E-state index contributed by atoms with van der Waals surface area (Å²) in [6, 6.07) is 0. The lowest BCUT2D eigenvalue weighted by molar-refractivity contribution is -0.0271. The van der Waals surface area contributed by atoms with E-state index < -0.39 is 5.60 Å². The molecule has 0 saturated carbocycles. The van der Waals surface area contributed by atoms with E-state index in [4.69, 9.17) is 9.84 Å². The topological polar surface area (TPSA) is 61.7 Å². The Morgan fingerprint density at radius 1 is 1.69 bits per heavy atom. The number of hydrogen-bond donors (Lipinski definition) is 3. The van der Waals surface area contributed by atoms with Crippen molar-refractivity contribution >= 4 is 0 Å². The average molecular weight is 189 g/mol. The first kappa shape index (κ1) is 10.9. The van der Waals surface area contributed by atoms with E-state index in [0.717, 1.165) is 0 Å². The third kappa shape index (κ3) is 2.91. The van der Waals surface area contributed by atoms with E-state index in [1.54, 1.807) is 6.92 Å². The molecule has 4 nitrogen and oxygen atoms in total. The van der Waals surface area contributed by atoms with Gasteiger partial charge >= 0.3 is 0 Å². The van der Waals surface area contributed by atoms with Gasteiger partial charge in [-0.3, -0.25) is 0 Å². The molecule has 0 aromatic carbocycles. The molecule has 1 saturated heterocycles. The zero-order valence-electron chi connectivity index (χ0n) is 8.29. The van der Waals surface area contributed by atoms with Crippen LogP contribution >= 0.6 is 0 Å². The van der Waals surface area contributed by atoms with Crippen LogP contribution in [0.15, 0.2) is 0 Å². The molecular formula is C9H19NO3. The fourth-order valence-electron chi connectivity index (χ4n) is 1.50. The van der Waals surface area contributed by atoms with Gasteiger partial charge in [0.05, 0.1) is 12.2 Å². The second kappa shape index (κ2) is 4.37. The Labute approximate surface area is 78.9 Å². The van der Waals surface area contributed by atoms with Crippen LogP contribution in [0.1, 0.15) is 20.3 Å². The Balaban J connectivity index is 2.26. The van der Waals surface area contributed by atoms with Crippen LogP contribution in [-0.4, -0.2) is 47.7 Å². The average Bonchev–Trinajstić information content (AvgIpc) is 2.32. The minimum atomic E-state index is -0.755. The van der Waals surface area contributed by atoms with Gasteiger partial charge in [-0.2, -0.15) is 0 Å². The molecule has 3 N–H and O–H groups in total. The lowest BCUT2D eigenvalue weighted by Gasteiger charge is -2.26. The zero-order valence-corrected chi connectivity index (χ0v) is 8.29. The van der Waals surface area contributed by atoms with Gasteiger partial charge in [-0.1, -0.05) is 0 Å². The highest BCUT2D eigenvalue weighted by Gasteiger charge is 2.38. The fraction of sp³-hybridized carbons (Fsp3) is 1.00. The first-order valence-electron chi connectivity index (χ1n) is 4.77. The molecule has 0 aromatic heterocycles. The van der Waals surface area contributed by atoms with Crippen molar-refractivity contribution in [3.05, 3.63) is 0 Å². The number of nitrogens with one attached hydrogen (secondary N) is 1. The van der Waals surface area contributed by atoms with Crippen molar-refractivity contribution in [2.75, 3.05) is 19.7 Å². The monoisotopic (exact) mass is 189 g/mol. The molecule has 0 amide bonds. The van der Waals surface area contributed by atoms with Gasteiger partial charge in [0.15, 0.2) is 0 Å². The molecule has 3 atom stereocenters. The zero-order chi connectivity index (χ0) is 9.90. The predicted octanol–water partition coefficient (Wildman–Crippen LogP) is -0.503. The summed E-state index contributed by atoms with van der Waals surface area (Å²) in [5.74, 6) is 0. The molecule has 1 rings (SSSR count). The quantitative estimate of drug-likeness (QED) is 0.558. The first-order chi connectivity index (χ1) is 6.04. The molecule has 1 heterocycles. The van der Waals surface area contributed by atoms with E-state index in [2.05, 4.69) is 5.32 Å². The molecule has 0 aliphatic carbocycles. The van der Waals surface area contributed by atoms with Crippen molar-refractivity contribution in [1.82, 2.24) is 5.32 Å². The number of aliphatic hydroxyl groups excluding tert-OH is 1. The summed E-state index contributed by atoms with van der Waals surface area (Å²) in [5, 5.41) is 22.0. The van der Waals surface area contributed by atoms with Gasteiger partial charge in [-0.05, 0) is 13.8 Å². The Morgan fingerprint density at radius 2 is 2.38 bits per heavy atom. The molecule has 13 heavy (non-hydrogen) atoms. The summed E-state index contributed by atoms with van der Waals surface area (Å²) < 4.78 is 5.27. The van der Waals surface area contributed by atoms with E-state index in [9.17, 15) is 5.11 Å². The molecule has 0 bridgehead atoms. The fourth-order valence-corrected chi connectivity index (χ4v) is 1.50. The maximum Gasteiger partial charge on any atom is 0.105 e. The highest BCUT2D eigenvalue weighted by Crippen LogP contribution is 2.24. The van der Waals surface area contributed by atoms with Crippen LogP contribution in [0.25, 0.3) is 0 Å². The first-order valence-corrected chi connectivity index (χ1v) is 4.77. The van der Waals surface area contributed by atoms with E-state index in [0.29, 0.717) is 26.1 Å². The Kier molecular flexibility index (Phi) is 3.67. The summed E-state index contributed by atoms with van der Waals surface area (Å²) in [6.45, 7) is 5.20. The van der Waals surface area contributed by atoms with Crippen molar-refractivity contribution in [2.45, 2.75) is 38.1 Å². The van der Waals surface area contributed by atoms with Crippen LogP contribution in [0.5, 0.6) is 0 Å². The van der Waals surface area contributed by atoms with Gasteiger partial charge in [0.1, 0.15) is 5.60 Å². The number of ether oxygens (including phenoxy) is 1. The normalized spacial score (nSPS) is 36.5. The second-order valence-corrected chi connectivity index (χ2v) is 3.85. The minimum absolute atomic E-state index is 0.117. The molecule has 4 heteroatoms. The van der Waals surface area contributed by atoms with Crippen LogP contribution in [0, 0.1) is 0 Å². The highest BCUT2D eigenvalue weighted by atomic mass is 16.5. The summed E-state index contributed by atoms with van der Waals surface area (Å²) in [4.78, 5) is 0. The smallest absolute Gasteiger partial charge is 0.105 e. The van der Waals surface area contributed by atoms with Crippen molar-refractivity contribution in [3.8, 4) is 0 Å². The molecule has 1 aliphatic heterocycles. The van der Waals surface area contributed by atoms with E-state index >= 15 is 0 Å². The molecule has 1 aliphatic rings. The number of rotatable bonds is 4. The summed E-state index contributed by atoms with van der Waals surface area (Å²) in [5.41, 5.74) is -0.755. The largest absolute Gasteiger partial charge is 0.392 e. The summed E-state index contributed by atoms with van der Waals surface area (Å²) in [6.07, 6.45) is 0.177. The van der Waals surface area contributed by atoms with Crippen molar-refractivity contribution < 1.29 is 14.9 Å². The Morgan fingerprint density at radius 3 is 2.85 bits per heavy atom. The Hall–Kier alpha value is -0.160. The third-order valence-electron chi connectivity index (χ3n) is 2.53.